The third-order valence-corrected chi connectivity index (χ3v) is 3.12. The lowest BCUT2D eigenvalue weighted by Crippen LogP contribution is -2.04. The van der Waals surface area contributed by atoms with Gasteiger partial charge in [0.25, 0.3) is 0 Å². The van der Waals surface area contributed by atoms with Crippen molar-refractivity contribution in [3.8, 4) is 0 Å². The summed E-state index contributed by atoms with van der Waals surface area (Å²) in [4.78, 5) is 2.86. The van der Waals surface area contributed by atoms with Crippen molar-refractivity contribution in [2.24, 2.45) is 0 Å². The van der Waals surface area contributed by atoms with Crippen molar-refractivity contribution in [3.05, 3.63) is 46.8 Å². The summed E-state index contributed by atoms with van der Waals surface area (Å²) in [6.45, 7) is 8.25. The Bertz CT molecular complexity index is 443. The number of hydrogen-bond donors (Lipinski definition) is 0. The summed E-state index contributed by atoms with van der Waals surface area (Å²) in [7, 11) is -3.42. The van der Waals surface area contributed by atoms with E-state index in [9.17, 15) is 8.42 Å². The molecule has 0 saturated carbocycles. The quantitative estimate of drug-likeness (QED) is 0.564. The molecule has 4 nitrogen and oxygen atoms in total. The van der Waals surface area contributed by atoms with Crippen LogP contribution in [0.15, 0.2) is 29.2 Å². The first-order valence-electron chi connectivity index (χ1n) is 3.89. The molecule has 0 atom stereocenters. The van der Waals surface area contributed by atoms with Gasteiger partial charge < -0.3 is 10.4 Å². The van der Waals surface area contributed by atoms with Crippen molar-refractivity contribution in [1.82, 2.24) is 0 Å². The third-order valence-electron chi connectivity index (χ3n) is 1.68. The number of sulfone groups is 1. The molecule has 0 fully saturated rings. The van der Waals surface area contributed by atoms with E-state index in [1.165, 1.54) is 12.1 Å². The summed E-state index contributed by atoms with van der Waals surface area (Å²) < 4.78 is 22.9. The Hall–Kier alpha value is -1.54. The van der Waals surface area contributed by atoms with Gasteiger partial charge in [-0.05, 0) is 19.1 Å². The van der Waals surface area contributed by atoms with E-state index < -0.39 is 15.7 Å². The fourth-order valence-electron chi connectivity index (χ4n) is 0.925. The van der Waals surface area contributed by atoms with Crippen LogP contribution in [0.25, 0.3) is 10.4 Å². The summed E-state index contributed by atoms with van der Waals surface area (Å²) in [5, 5.41) is 0. The molecule has 1 rings (SSSR count). The fraction of sp³-hybridized carbons (Fsp3) is 0.222. The van der Waals surface area contributed by atoms with E-state index in [1.54, 1.807) is 12.1 Å². The van der Waals surface area contributed by atoms with Gasteiger partial charge in [0.15, 0.2) is 9.84 Å². The molecular weight excluding hydrogens is 200 g/mol. The van der Waals surface area contributed by atoms with Crippen LogP contribution in [-0.2, 0) is 9.84 Å². The first kappa shape index (κ1) is 10.5. The molecule has 1 aromatic rings. The maximum Gasteiger partial charge on any atom is 0.167 e. The summed E-state index contributed by atoms with van der Waals surface area (Å²) in [6.07, 6.45) is 0. The second kappa shape index (κ2) is 4.11. The van der Waals surface area contributed by atoms with Crippen LogP contribution in [-0.4, -0.2) is 14.3 Å². The second-order valence-electron chi connectivity index (χ2n) is 2.80. The summed E-state index contributed by atoms with van der Waals surface area (Å²) in [5.41, 5.74) is 4.14. The van der Waals surface area contributed by atoms with E-state index in [-0.39, 0.29) is 4.90 Å². The van der Waals surface area contributed by atoms with Gasteiger partial charge in [0, 0.05) is 5.88 Å². The lowest BCUT2D eigenvalue weighted by atomic mass is 10.2. The minimum atomic E-state index is -3.42. The highest BCUT2D eigenvalue weighted by Gasteiger charge is 2.09. The molecule has 14 heavy (non-hydrogen) atoms. The summed E-state index contributed by atoms with van der Waals surface area (Å²) in [5.74, 6) is -0.473. The zero-order valence-electron chi connectivity index (χ0n) is 7.64. The van der Waals surface area contributed by atoms with E-state index in [1.807, 2.05) is 6.92 Å². The van der Waals surface area contributed by atoms with Crippen LogP contribution in [0.3, 0.4) is 0 Å². The van der Waals surface area contributed by atoms with Crippen LogP contribution in [0, 0.1) is 13.5 Å². The molecule has 0 aliphatic rings. The number of nitrogens with zero attached hydrogens (tertiary/aromatic N) is 2. The SMILES string of the molecule is [C-]#[N+][N-]CS(=O)(=O)c1ccc(C)cc1. The van der Waals surface area contributed by atoms with E-state index in [2.05, 4.69) is 10.4 Å². The Labute approximate surface area is 83.3 Å². The molecular formula is C9H9N2O2S-. The molecule has 0 aliphatic carbocycles. The Morgan fingerprint density at radius 3 is 2.43 bits per heavy atom. The first-order chi connectivity index (χ1) is 6.56. The molecule has 0 saturated heterocycles. The molecule has 74 valence electrons. The average molecular weight is 209 g/mol. The highest BCUT2D eigenvalue weighted by atomic mass is 32.2. The van der Waals surface area contributed by atoms with Crippen molar-refractivity contribution < 1.29 is 8.42 Å². The molecule has 0 radical (unpaired) electrons. The Morgan fingerprint density at radius 2 is 1.93 bits per heavy atom. The molecule has 0 aromatic heterocycles. The second-order valence-corrected chi connectivity index (χ2v) is 4.76. The van der Waals surface area contributed by atoms with E-state index in [0.717, 1.165) is 5.56 Å². The van der Waals surface area contributed by atoms with Crippen molar-refractivity contribution in [3.63, 3.8) is 0 Å². The van der Waals surface area contributed by atoms with Crippen LogP contribution < -0.4 is 0 Å². The van der Waals surface area contributed by atoms with Crippen LogP contribution >= 0.6 is 0 Å². The summed E-state index contributed by atoms with van der Waals surface area (Å²) >= 11 is 0. The topological polar surface area (TPSA) is 52.6 Å². The maximum absolute atomic E-state index is 11.5. The zero-order valence-corrected chi connectivity index (χ0v) is 8.45. The fourth-order valence-corrected chi connectivity index (χ4v) is 1.83. The van der Waals surface area contributed by atoms with E-state index in [0.29, 0.717) is 0 Å². The highest BCUT2D eigenvalue weighted by Crippen LogP contribution is 2.13. The maximum atomic E-state index is 11.5. The van der Waals surface area contributed by atoms with Crippen LogP contribution in [0.5, 0.6) is 0 Å². The van der Waals surface area contributed by atoms with Gasteiger partial charge >= 0.3 is 0 Å². The van der Waals surface area contributed by atoms with Gasteiger partial charge in [0.05, 0.1) is 4.90 Å². The highest BCUT2D eigenvalue weighted by molar-refractivity contribution is 7.91. The molecule has 0 N–H and O–H groups in total. The van der Waals surface area contributed by atoms with E-state index >= 15 is 0 Å². The van der Waals surface area contributed by atoms with Gasteiger partial charge in [0.2, 0.25) is 0 Å². The van der Waals surface area contributed by atoms with Crippen molar-refractivity contribution in [2.45, 2.75) is 11.8 Å². The molecule has 1 aromatic carbocycles. The molecule has 5 heteroatoms. The standard InChI is InChI=1S/C9H9N2O2S/c1-8-3-5-9(6-4-8)14(12,13)7-11-10-2/h3-6H,7H2,1H3/q-1. The van der Waals surface area contributed by atoms with Gasteiger partial charge in [-0.1, -0.05) is 17.7 Å². The molecule has 0 spiro atoms. The normalized spacial score (nSPS) is 10.6. The van der Waals surface area contributed by atoms with Crippen LogP contribution in [0.2, 0.25) is 0 Å². The van der Waals surface area contributed by atoms with Gasteiger partial charge in [-0.3, -0.25) is 0 Å². The third kappa shape index (κ3) is 2.47. The van der Waals surface area contributed by atoms with Gasteiger partial charge in [-0.2, -0.15) is 0 Å². The van der Waals surface area contributed by atoms with Crippen molar-refractivity contribution in [2.75, 3.05) is 5.88 Å². The average Bonchev–Trinajstić information content (AvgIpc) is 2.16. The first-order valence-corrected chi connectivity index (χ1v) is 5.54. The zero-order chi connectivity index (χ0) is 10.6. The molecule has 0 aliphatic heterocycles. The Balaban J connectivity index is 2.94. The number of rotatable bonds is 3. The van der Waals surface area contributed by atoms with Gasteiger partial charge in [-0.15, -0.1) is 0 Å². The minimum absolute atomic E-state index is 0.204. The lowest BCUT2D eigenvalue weighted by molar-refractivity contribution is 0.598. The van der Waals surface area contributed by atoms with Gasteiger partial charge in [-0.25, -0.2) is 15.0 Å². The largest absolute Gasteiger partial charge is 0.346 e. The predicted octanol–water partition coefficient (Wildman–Crippen LogP) is 1.93. The van der Waals surface area contributed by atoms with Gasteiger partial charge in [0.1, 0.15) is 0 Å². The number of aryl methyl sites for hydroxylation is 1. The number of benzene rings is 1. The van der Waals surface area contributed by atoms with Crippen molar-refractivity contribution >= 4 is 9.84 Å². The predicted molar refractivity (Wildman–Crippen MR) is 53.2 cm³/mol. The number of hydrogen-bond acceptors (Lipinski definition) is 2. The molecule has 0 heterocycles. The molecule has 0 unspecified atom stereocenters. The van der Waals surface area contributed by atoms with Crippen LogP contribution in [0.4, 0.5) is 0 Å². The van der Waals surface area contributed by atoms with Crippen LogP contribution in [0.1, 0.15) is 5.56 Å². The molecule has 0 amide bonds. The smallest absolute Gasteiger partial charge is 0.167 e. The monoisotopic (exact) mass is 209 g/mol. The Morgan fingerprint density at radius 1 is 1.36 bits per heavy atom. The van der Waals surface area contributed by atoms with Crippen molar-refractivity contribution in [1.29, 1.82) is 0 Å². The molecule has 0 bridgehead atoms. The minimum Gasteiger partial charge on any atom is -0.346 e. The lowest BCUT2D eigenvalue weighted by Gasteiger charge is -2.06. The summed E-state index contributed by atoms with van der Waals surface area (Å²) in [6, 6.07) is 6.46. The van der Waals surface area contributed by atoms with E-state index in [4.69, 9.17) is 6.57 Å². The Kier molecular flexibility index (Phi) is 3.10.